The van der Waals surface area contributed by atoms with Crippen LogP contribution in [-0.2, 0) is 16.0 Å². The number of nitrogens with two attached hydrogens (primary N) is 1. The molecule has 0 saturated carbocycles. The predicted molar refractivity (Wildman–Crippen MR) is 106 cm³/mol. The van der Waals surface area contributed by atoms with Gasteiger partial charge in [0.1, 0.15) is 11.9 Å². The first-order chi connectivity index (χ1) is 14.5. The molecule has 8 heteroatoms. The van der Waals surface area contributed by atoms with Crippen molar-refractivity contribution in [2.24, 2.45) is 5.73 Å². The third kappa shape index (κ3) is 2.99. The Kier molecular flexibility index (Phi) is 4.75. The summed E-state index contributed by atoms with van der Waals surface area (Å²) in [5, 5.41) is 9.22. The van der Waals surface area contributed by atoms with E-state index in [2.05, 4.69) is 6.07 Å². The van der Waals surface area contributed by atoms with Gasteiger partial charge in [-0.15, -0.1) is 0 Å². The molecule has 0 aromatic heterocycles. The van der Waals surface area contributed by atoms with Crippen LogP contribution >= 0.6 is 0 Å². The van der Waals surface area contributed by atoms with Gasteiger partial charge in [-0.1, -0.05) is 6.07 Å². The van der Waals surface area contributed by atoms with Crippen molar-refractivity contribution in [1.29, 1.82) is 5.26 Å². The first-order valence-electron chi connectivity index (χ1n) is 10.8. The van der Waals surface area contributed by atoms with Crippen molar-refractivity contribution in [3.05, 3.63) is 35.1 Å². The molecule has 3 saturated heterocycles. The lowest BCUT2D eigenvalue weighted by atomic mass is 10.1. The van der Waals surface area contributed by atoms with Gasteiger partial charge in [0.25, 0.3) is 0 Å². The zero-order chi connectivity index (χ0) is 21.0. The summed E-state index contributed by atoms with van der Waals surface area (Å²) in [6, 6.07) is 5.80. The highest BCUT2D eigenvalue weighted by molar-refractivity contribution is 5.87. The Morgan fingerprint density at radius 2 is 2.17 bits per heavy atom. The minimum atomic E-state index is -0.727. The van der Waals surface area contributed by atoms with Crippen LogP contribution in [0, 0.1) is 17.1 Å². The Bertz CT molecular complexity index is 931. The van der Waals surface area contributed by atoms with Crippen molar-refractivity contribution in [3.63, 3.8) is 0 Å². The molecule has 3 heterocycles. The van der Waals surface area contributed by atoms with Gasteiger partial charge in [-0.3, -0.25) is 14.5 Å². The summed E-state index contributed by atoms with van der Waals surface area (Å²) in [5.41, 5.74) is 8.26. The molecule has 0 spiro atoms. The first kappa shape index (κ1) is 19.5. The highest BCUT2D eigenvalue weighted by Crippen LogP contribution is 2.43. The van der Waals surface area contributed by atoms with Crippen LogP contribution in [-0.4, -0.2) is 70.3 Å². The number of hydrogen-bond acceptors (Lipinski definition) is 5. The van der Waals surface area contributed by atoms with Crippen molar-refractivity contribution < 1.29 is 14.0 Å². The number of halogens is 1. The van der Waals surface area contributed by atoms with E-state index in [1.807, 2.05) is 15.9 Å². The molecule has 1 aromatic rings. The summed E-state index contributed by atoms with van der Waals surface area (Å²) in [7, 11) is 0. The van der Waals surface area contributed by atoms with Gasteiger partial charge in [0.05, 0.1) is 24.2 Å². The topological polar surface area (TPSA) is 93.7 Å². The lowest BCUT2D eigenvalue weighted by molar-refractivity contribution is -0.141. The van der Waals surface area contributed by atoms with Crippen LogP contribution in [0.15, 0.2) is 18.2 Å². The zero-order valence-corrected chi connectivity index (χ0v) is 16.8. The number of rotatable bonds is 4. The van der Waals surface area contributed by atoms with E-state index >= 15 is 0 Å². The highest BCUT2D eigenvalue weighted by Gasteiger charge is 2.53. The number of carbonyl (C=O) groups excluding carboxylic acids is 2. The largest absolute Gasteiger partial charge is 0.330 e. The number of nitriles is 1. The standard InChI is InChI=1S/C22H26FN5O2/c23-14-4-5-17-13(8-14)3-6-19(17)28-16-9-20(22(28)30)26(11-16)12-18(25)21(29)27-7-1-2-15(27)10-24/h4-5,8,15-16,18-20H,1-3,6-7,9,11-12,25H2/t15-,16?,18-,19-,20+/m0/s1. The minimum absolute atomic E-state index is 0.0153. The number of piperazine rings is 1. The van der Waals surface area contributed by atoms with Crippen LogP contribution in [0.1, 0.15) is 42.9 Å². The van der Waals surface area contributed by atoms with Crippen LogP contribution in [0.2, 0.25) is 0 Å². The molecular formula is C22H26FN5O2. The smallest absolute Gasteiger partial charge is 0.241 e. The summed E-state index contributed by atoms with van der Waals surface area (Å²) in [6.45, 7) is 1.61. The number of nitrogens with zero attached hydrogens (tertiary/aromatic N) is 4. The molecule has 2 bridgehead atoms. The second-order valence-electron chi connectivity index (χ2n) is 8.93. The fourth-order valence-corrected chi connectivity index (χ4v) is 5.86. The first-order valence-corrected chi connectivity index (χ1v) is 10.8. The van der Waals surface area contributed by atoms with Crippen LogP contribution in [0.5, 0.6) is 0 Å². The van der Waals surface area contributed by atoms with Crippen molar-refractivity contribution in [2.45, 2.75) is 62.3 Å². The molecule has 0 radical (unpaired) electrons. The van der Waals surface area contributed by atoms with Crippen LogP contribution < -0.4 is 5.73 Å². The van der Waals surface area contributed by atoms with Gasteiger partial charge in [0, 0.05) is 25.7 Å². The van der Waals surface area contributed by atoms with Gasteiger partial charge in [0.2, 0.25) is 11.8 Å². The van der Waals surface area contributed by atoms with E-state index in [1.165, 1.54) is 6.07 Å². The SMILES string of the molecule is N#C[C@@H]1CCCN1C(=O)[C@@H](N)CN1CC2C[C@@H]1C(=O)N2[C@H]1CCc2cc(F)ccc21. The minimum Gasteiger partial charge on any atom is -0.330 e. The second-order valence-corrected chi connectivity index (χ2v) is 8.93. The molecule has 30 heavy (non-hydrogen) atoms. The highest BCUT2D eigenvalue weighted by atomic mass is 19.1. The lowest BCUT2D eigenvalue weighted by Gasteiger charge is -2.38. The number of fused-ring (bicyclic) bond motifs is 3. The van der Waals surface area contributed by atoms with Gasteiger partial charge in [-0.05, 0) is 55.4 Å². The summed E-state index contributed by atoms with van der Waals surface area (Å²) in [4.78, 5) is 31.5. The van der Waals surface area contributed by atoms with Crippen LogP contribution in [0.25, 0.3) is 0 Å². The summed E-state index contributed by atoms with van der Waals surface area (Å²) < 4.78 is 13.5. The molecule has 158 valence electrons. The third-order valence-corrected chi connectivity index (χ3v) is 7.23. The van der Waals surface area contributed by atoms with E-state index in [0.717, 1.165) is 36.8 Å². The molecule has 3 aliphatic heterocycles. The Morgan fingerprint density at radius 3 is 2.93 bits per heavy atom. The Balaban J connectivity index is 1.25. The van der Waals surface area contributed by atoms with E-state index in [-0.39, 0.29) is 41.8 Å². The maximum Gasteiger partial charge on any atom is 0.241 e. The fourth-order valence-electron chi connectivity index (χ4n) is 5.86. The average Bonchev–Trinajstić information content (AvgIpc) is 3.49. The predicted octanol–water partition coefficient (Wildman–Crippen LogP) is 0.940. The molecule has 5 atom stereocenters. The molecule has 4 aliphatic rings. The van der Waals surface area contributed by atoms with E-state index in [4.69, 9.17) is 5.73 Å². The van der Waals surface area contributed by atoms with Crippen LogP contribution in [0.4, 0.5) is 4.39 Å². The quantitative estimate of drug-likeness (QED) is 0.796. The monoisotopic (exact) mass is 411 g/mol. The Morgan fingerprint density at radius 1 is 1.33 bits per heavy atom. The Hall–Kier alpha value is -2.50. The van der Waals surface area contributed by atoms with Crippen molar-refractivity contribution in [2.75, 3.05) is 19.6 Å². The molecule has 5 rings (SSSR count). The molecule has 2 N–H and O–H groups in total. The maximum absolute atomic E-state index is 13.5. The van der Waals surface area contributed by atoms with Crippen molar-refractivity contribution >= 4 is 11.8 Å². The van der Waals surface area contributed by atoms with Gasteiger partial charge in [0.15, 0.2) is 0 Å². The van der Waals surface area contributed by atoms with Gasteiger partial charge in [-0.25, -0.2) is 4.39 Å². The van der Waals surface area contributed by atoms with Crippen LogP contribution in [0.3, 0.4) is 0 Å². The molecule has 3 fully saturated rings. The zero-order valence-electron chi connectivity index (χ0n) is 16.8. The van der Waals surface area contributed by atoms with E-state index in [1.54, 1.807) is 11.0 Å². The van der Waals surface area contributed by atoms with E-state index in [0.29, 0.717) is 26.1 Å². The number of likely N-dealkylation sites (tertiary alicyclic amines) is 3. The van der Waals surface area contributed by atoms with Crippen molar-refractivity contribution in [1.82, 2.24) is 14.7 Å². The van der Waals surface area contributed by atoms with E-state index < -0.39 is 6.04 Å². The number of carbonyl (C=O) groups is 2. The third-order valence-electron chi connectivity index (χ3n) is 7.23. The summed E-state index contributed by atoms with van der Waals surface area (Å²) in [6.07, 6.45) is 3.89. The molecule has 7 nitrogen and oxygen atoms in total. The average molecular weight is 411 g/mol. The molecule has 1 aliphatic carbocycles. The van der Waals surface area contributed by atoms with E-state index in [9.17, 15) is 19.2 Å². The molecule has 1 aromatic carbocycles. The molecule has 1 unspecified atom stereocenters. The number of hydrogen-bond donors (Lipinski definition) is 1. The van der Waals surface area contributed by atoms with Gasteiger partial charge >= 0.3 is 0 Å². The fraction of sp³-hybridized carbons (Fsp3) is 0.591. The summed E-state index contributed by atoms with van der Waals surface area (Å²) in [5.74, 6) is -0.341. The summed E-state index contributed by atoms with van der Waals surface area (Å²) >= 11 is 0. The second kappa shape index (κ2) is 7.33. The van der Waals surface area contributed by atoms with Crippen molar-refractivity contribution in [3.8, 4) is 6.07 Å². The molecule has 2 amide bonds. The van der Waals surface area contributed by atoms with Gasteiger partial charge < -0.3 is 15.5 Å². The molecular weight excluding hydrogens is 385 g/mol. The maximum atomic E-state index is 13.5. The number of amides is 2. The number of aryl methyl sites for hydroxylation is 1. The van der Waals surface area contributed by atoms with Gasteiger partial charge in [-0.2, -0.15) is 5.26 Å². The normalized spacial score (nSPS) is 31.3. The Labute approximate surface area is 175 Å². The number of benzene rings is 1. The lowest BCUT2D eigenvalue weighted by Crippen LogP contribution is -2.56.